The second kappa shape index (κ2) is 7.00. The Morgan fingerprint density at radius 1 is 1.30 bits per heavy atom. The highest BCUT2D eigenvalue weighted by atomic mass is 16.5. The average Bonchev–Trinajstić information content (AvgIpc) is 3.03. The van der Waals surface area contributed by atoms with E-state index in [0.717, 1.165) is 37.7 Å². The summed E-state index contributed by atoms with van der Waals surface area (Å²) in [5.41, 5.74) is 2.03. The fourth-order valence-corrected chi connectivity index (χ4v) is 3.13. The number of amides is 2. The molecule has 2 amide bonds. The SMILES string of the molecule is CCN(C(=O)C1CNC(=O)C1)c1ccc(N2CCOCC2)cc1. The van der Waals surface area contributed by atoms with E-state index in [1.54, 1.807) is 4.90 Å². The van der Waals surface area contributed by atoms with Crippen molar-refractivity contribution >= 4 is 23.2 Å². The molecule has 0 saturated carbocycles. The van der Waals surface area contributed by atoms with E-state index >= 15 is 0 Å². The van der Waals surface area contributed by atoms with Gasteiger partial charge in [0.05, 0.1) is 19.1 Å². The molecule has 1 atom stereocenters. The van der Waals surface area contributed by atoms with Crippen LogP contribution in [0, 0.1) is 5.92 Å². The Kier molecular flexibility index (Phi) is 4.81. The monoisotopic (exact) mass is 317 g/mol. The maximum Gasteiger partial charge on any atom is 0.232 e. The van der Waals surface area contributed by atoms with Gasteiger partial charge in [-0.05, 0) is 31.2 Å². The van der Waals surface area contributed by atoms with Gasteiger partial charge in [0.1, 0.15) is 0 Å². The molecule has 0 spiro atoms. The summed E-state index contributed by atoms with van der Waals surface area (Å²) in [6.45, 7) is 6.30. The molecule has 1 aromatic carbocycles. The summed E-state index contributed by atoms with van der Waals surface area (Å²) in [5, 5.41) is 2.73. The number of ether oxygens (including phenoxy) is 1. The largest absolute Gasteiger partial charge is 0.378 e. The van der Waals surface area contributed by atoms with Gasteiger partial charge in [-0.15, -0.1) is 0 Å². The van der Waals surface area contributed by atoms with E-state index in [2.05, 4.69) is 22.3 Å². The summed E-state index contributed by atoms with van der Waals surface area (Å²) in [6.07, 6.45) is 0.293. The smallest absolute Gasteiger partial charge is 0.232 e. The summed E-state index contributed by atoms with van der Waals surface area (Å²) in [6, 6.07) is 8.07. The number of hydrogen-bond acceptors (Lipinski definition) is 4. The molecule has 6 nitrogen and oxygen atoms in total. The van der Waals surface area contributed by atoms with E-state index in [9.17, 15) is 9.59 Å². The molecule has 0 bridgehead atoms. The first-order chi connectivity index (χ1) is 11.2. The van der Waals surface area contributed by atoms with Crippen LogP contribution in [-0.2, 0) is 14.3 Å². The molecule has 0 aliphatic carbocycles. The zero-order valence-corrected chi connectivity index (χ0v) is 13.5. The lowest BCUT2D eigenvalue weighted by Crippen LogP contribution is -2.37. The Labute approximate surface area is 136 Å². The van der Waals surface area contributed by atoms with Crippen molar-refractivity contribution in [2.45, 2.75) is 13.3 Å². The normalized spacial score (nSPS) is 21.2. The molecule has 1 aromatic rings. The first kappa shape index (κ1) is 15.8. The molecule has 2 saturated heterocycles. The Morgan fingerprint density at radius 2 is 2.00 bits per heavy atom. The van der Waals surface area contributed by atoms with E-state index in [0.29, 0.717) is 19.5 Å². The number of carbonyl (C=O) groups is 2. The standard InChI is InChI=1S/C17H23N3O3/c1-2-20(17(22)13-11-16(21)18-12-13)15-5-3-14(4-6-15)19-7-9-23-10-8-19/h3-6,13H,2,7-12H2,1H3,(H,18,21). The van der Waals surface area contributed by atoms with Crippen molar-refractivity contribution in [3.8, 4) is 0 Å². The van der Waals surface area contributed by atoms with E-state index in [-0.39, 0.29) is 17.7 Å². The highest BCUT2D eigenvalue weighted by Crippen LogP contribution is 2.24. The van der Waals surface area contributed by atoms with Crippen molar-refractivity contribution in [2.75, 3.05) is 49.2 Å². The van der Waals surface area contributed by atoms with Crippen LogP contribution in [0.4, 0.5) is 11.4 Å². The van der Waals surface area contributed by atoms with Crippen LogP contribution in [0.5, 0.6) is 0 Å². The number of rotatable bonds is 4. The van der Waals surface area contributed by atoms with Crippen molar-refractivity contribution in [3.05, 3.63) is 24.3 Å². The lowest BCUT2D eigenvalue weighted by molar-refractivity contribution is -0.124. The van der Waals surface area contributed by atoms with Gasteiger partial charge in [-0.3, -0.25) is 9.59 Å². The van der Waals surface area contributed by atoms with Gasteiger partial charge in [0.15, 0.2) is 0 Å². The molecule has 6 heteroatoms. The van der Waals surface area contributed by atoms with Crippen LogP contribution >= 0.6 is 0 Å². The van der Waals surface area contributed by atoms with Gasteiger partial charge in [0, 0.05) is 44.0 Å². The van der Waals surface area contributed by atoms with E-state index < -0.39 is 0 Å². The third kappa shape index (κ3) is 3.47. The maximum atomic E-state index is 12.6. The molecule has 2 fully saturated rings. The number of anilines is 2. The molecule has 3 rings (SSSR count). The van der Waals surface area contributed by atoms with Crippen molar-refractivity contribution < 1.29 is 14.3 Å². The van der Waals surface area contributed by atoms with E-state index in [1.165, 1.54) is 0 Å². The van der Waals surface area contributed by atoms with Gasteiger partial charge in [0.2, 0.25) is 11.8 Å². The fourth-order valence-electron chi connectivity index (χ4n) is 3.13. The molecule has 124 valence electrons. The zero-order valence-electron chi connectivity index (χ0n) is 13.5. The maximum absolute atomic E-state index is 12.6. The molecular weight excluding hydrogens is 294 g/mol. The van der Waals surface area contributed by atoms with Crippen LogP contribution in [0.1, 0.15) is 13.3 Å². The molecule has 23 heavy (non-hydrogen) atoms. The van der Waals surface area contributed by atoms with Gasteiger partial charge < -0.3 is 19.9 Å². The number of benzene rings is 1. The Morgan fingerprint density at radius 3 is 2.57 bits per heavy atom. The van der Waals surface area contributed by atoms with Crippen LogP contribution in [0.3, 0.4) is 0 Å². The molecule has 1 N–H and O–H groups in total. The van der Waals surface area contributed by atoms with Gasteiger partial charge in [-0.2, -0.15) is 0 Å². The van der Waals surface area contributed by atoms with Crippen molar-refractivity contribution in [1.29, 1.82) is 0 Å². The number of hydrogen-bond donors (Lipinski definition) is 1. The van der Waals surface area contributed by atoms with Gasteiger partial charge in [0.25, 0.3) is 0 Å². The molecular formula is C17H23N3O3. The minimum atomic E-state index is -0.249. The molecule has 1 unspecified atom stereocenters. The fraction of sp³-hybridized carbons (Fsp3) is 0.529. The topological polar surface area (TPSA) is 61.9 Å². The summed E-state index contributed by atoms with van der Waals surface area (Å²) in [5.74, 6) is -0.270. The molecule has 2 aliphatic rings. The minimum Gasteiger partial charge on any atom is -0.378 e. The lowest BCUT2D eigenvalue weighted by Gasteiger charge is -2.29. The molecule has 2 heterocycles. The van der Waals surface area contributed by atoms with Crippen molar-refractivity contribution in [2.24, 2.45) is 5.92 Å². The summed E-state index contributed by atoms with van der Waals surface area (Å²) < 4.78 is 5.37. The Balaban J connectivity index is 1.71. The third-order valence-electron chi connectivity index (χ3n) is 4.45. The molecule has 0 aromatic heterocycles. The first-order valence-corrected chi connectivity index (χ1v) is 8.20. The minimum absolute atomic E-state index is 0.0185. The summed E-state index contributed by atoms with van der Waals surface area (Å²) >= 11 is 0. The molecule has 0 radical (unpaired) electrons. The van der Waals surface area contributed by atoms with E-state index in [4.69, 9.17) is 4.74 Å². The van der Waals surface area contributed by atoms with Crippen molar-refractivity contribution in [3.63, 3.8) is 0 Å². The predicted molar refractivity (Wildman–Crippen MR) is 88.6 cm³/mol. The average molecular weight is 317 g/mol. The van der Waals surface area contributed by atoms with Crippen LogP contribution in [0.2, 0.25) is 0 Å². The second-order valence-corrected chi connectivity index (χ2v) is 5.90. The highest BCUT2D eigenvalue weighted by molar-refractivity contribution is 5.99. The lowest BCUT2D eigenvalue weighted by atomic mass is 10.1. The van der Waals surface area contributed by atoms with Crippen LogP contribution in [-0.4, -0.2) is 51.2 Å². The quantitative estimate of drug-likeness (QED) is 0.900. The first-order valence-electron chi connectivity index (χ1n) is 8.20. The number of nitrogens with zero attached hydrogens (tertiary/aromatic N) is 2. The zero-order chi connectivity index (χ0) is 16.2. The predicted octanol–water partition coefficient (Wildman–Crippen LogP) is 1.01. The van der Waals surface area contributed by atoms with Gasteiger partial charge >= 0.3 is 0 Å². The van der Waals surface area contributed by atoms with Gasteiger partial charge in [-0.1, -0.05) is 0 Å². The highest BCUT2D eigenvalue weighted by Gasteiger charge is 2.31. The van der Waals surface area contributed by atoms with Crippen LogP contribution < -0.4 is 15.1 Å². The third-order valence-corrected chi connectivity index (χ3v) is 4.45. The molecule has 2 aliphatic heterocycles. The summed E-state index contributed by atoms with van der Waals surface area (Å²) in [4.78, 5) is 28.0. The Bertz CT molecular complexity index is 567. The number of nitrogens with one attached hydrogen (secondary N) is 1. The van der Waals surface area contributed by atoms with Gasteiger partial charge in [-0.25, -0.2) is 0 Å². The van der Waals surface area contributed by atoms with E-state index in [1.807, 2.05) is 19.1 Å². The summed E-state index contributed by atoms with van der Waals surface area (Å²) in [7, 11) is 0. The number of carbonyl (C=O) groups excluding carboxylic acids is 2. The number of morpholine rings is 1. The van der Waals surface area contributed by atoms with Crippen LogP contribution in [0.25, 0.3) is 0 Å². The second-order valence-electron chi connectivity index (χ2n) is 5.90. The Hall–Kier alpha value is -2.08. The van der Waals surface area contributed by atoms with Crippen molar-refractivity contribution in [1.82, 2.24) is 5.32 Å². The van der Waals surface area contributed by atoms with Crippen LogP contribution in [0.15, 0.2) is 24.3 Å².